The first-order valence-electron chi connectivity index (χ1n) is 12.9. The van der Waals surface area contributed by atoms with E-state index in [1.807, 2.05) is 0 Å². The molecule has 0 atom stereocenters. The maximum Gasteiger partial charge on any atom is 0.251 e. The molecule has 0 radical (unpaired) electrons. The molecule has 2 heteroatoms. The lowest BCUT2D eigenvalue weighted by Crippen LogP contribution is -2.39. The zero-order valence-corrected chi connectivity index (χ0v) is 19.7. The second kappa shape index (κ2) is 18.3. The van der Waals surface area contributed by atoms with Crippen LogP contribution in [0.5, 0.6) is 0 Å². The van der Waals surface area contributed by atoms with Crippen molar-refractivity contribution in [3.05, 3.63) is 17.7 Å². The smallest absolute Gasteiger partial charge is 0.248 e. The van der Waals surface area contributed by atoms with Crippen LogP contribution in [0.25, 0.3) is 0 Å². The van der Waals surface area contributed by atoms with Crippen LogP contribution in [-0.4, -0.2) is 4.98 Å². The van der Waals surface area contributed by atoms with Gasteiger partial charge in [-0.05, 0) is 19.3 Å². The predicted molar refractivity (Wildman–Crippen MR) is 124 cm³/mol. The Morgan fingerprint density at radius 1 is 0.607 bits per heavy atom. The summed E-state index contributed by atoms with van der Waals surface area (Å²) in [5.74, 6) is 1.34. The van der Waals surface area contributed by atoms with Gasteiger partial charge < -0.3 is 0 Å². The molecule has 0 amide bonds. The summed E-state index contributed by atoms with van der Waals surface area (Å²) in [7, 11) is 0. The lowest BCUT2D eigenvalue weighted by Gasteiger charge is -2.05. The van der Waals surface area contributed by atoms with Crippen molar-refractivity contribution in [1.29, 1.82) is 0 Å². The fourth-order valence-corrected chi connectivity index (χ4v) is 4.27. The number of aromatic nitrogens is 2. The number of H-pyrrole nitrogens is 1. The minimum Gasteiger partial charge on any atom is -0.248 e. The van der Waals surface area contributed by atoms with Crippen molar-refractivity contribution >= 4 is 0 Å². The van der Waals surface area contributed by atoms with Gasteiger partial charge in [0.05, 0.1) is 6.54 Å². The average Bonchev–Trinajstić information content (AvgIpc) is 3.05. The molecule has 1 heterocycles. The van der Waals surface area contributed by atoms with Crippen LogP contribution >= 0.6 is 0 Å². The zero-order chi connectivity index (χ0) is 20.3. The van der Waals surface area contributed by atoms with E-state index in [9.17, 15) is 0 Å². The van der Waals surface area contributed by atoms with Gasteiger partial charge in [-0.15, -0.1) is 0 Å². The van der Waals surface area contributed by atoms with Gasteiger partial charge in [0.1, 0.15) is 11.9 Å². The highest BCUT2D eigenvalue weighted by molar-refractivity contribution is 4.90. The number of hydrogen-bond acceptors (Lipinski definition) is 0. The van der Waals surface area contributed by atoms with E-state index in [1.165, 1.54) is 140 Å². The summed E-state index contributed by atoms with van der Waals surface area (Å²) in [6.07, 6.45) is 28.9. The van der Waals surface area contributed by atoms with Crippen LogP contribution in [0.15, 0.2) is 6.20 Å². The van der Waals surface area contributed by atoms with Crippen LogP contribution in [0, 0.1) is 6.92 Å². The van der Waals surface area contributed by atoms with Crippen LogP contribution in [0.2, 0.25) is 0 Å². The summed E-state index contributed by atoms with van der Waals surface area (Å²) < 4.78 is 2.55. The zero-order valence-electron chi connectivity index (χ0n) is 19.7. The summed E-state index contributed by atoms with van der Waals surface area (Å²) in [4.78, 5) is 3.46. The van der Waals surface area contributed by atoms with E-state index in [1.54, 1.807) is 0 Å². The molecule has 28 heavy (non-hydrogen) atoms. The molecule has 0 fully saturated rings. The first-order valence-corrected chi connectivity index (χ1v) is 12.9. The van der Waals surface area contributed by atoms with Gasteiger partial charge in [0.25, 0.3) is 5.82 Å². The molecule has 2 nitrogen and oxygen atoms in total. The number of nitrogens with zero attached hydrogens (tertiary/aromatic N) is 1. The molecule has 1 rings (SSSR count). The molecular weight excluding hydrogens is 340 g/mol. The van der Waals surface area contributed by atoms with E-state index in [-0.39, 0.29) is 0 Å². The topological polar surface area (TPSA) is 19.7 Å². The minimum absolute atomic E-state index is 1.21. The third kappa shape index (κ3) is 12.6. The van der Waals surface area contributed by atoms with Crippen molar-refractivity contribution in [2.75, 3.05) is 0 Å². The standard InChI is InChI=1S/C26H50N2/c1-4-6-8-10-12-14-15-16-18-20-22-26-24-27-25(3)28(26)23-21-19-17-13-11-9-7-5-2/h24H,4-23H2,1-3H3/p+1. The third-order valence-electron chi connectivity index (χ3n) is 6.22. The van der Waals surface area contributed by atoms with Gasteiger partial charge in [-0.25, -0.2) is 9.55 Å². The molecule has 0 aromatic carbocycles. The monoisotopic (exact) mass is 391 g/mol. The number of nitrogens with one attached hydrogen (secondary N) is 1. The Bertz CT molecular complexity index is 449. The van der Waals surface area contributed by atoms with Crippen molar-refractivity contribution in [2.24, 2.45) is 0 Å². The second-order valence-corrected chi connectivity index (χ2v) is 8.92. The molecule has 0 aliphatic rings. The molecule has 1 aromatic rings. The van der Waals surface area contributed by atoms with Gasteiger partial charge in [0, 0.05) is 13.3 Å². The van der Waals surface area contributed by atoms with E-state index in [4.69, 9.17) is 0 Å². The first kappa shape index (κ1) is 25.2. The Labute approximate surface area is 176 Å². The molecule has 0 spiro atoms. The molecule has 0 aliphatic carbocycles. The molecule has 0 bridgehead atoms. The van der Waals surface area contributed by atoms with Crippen molar-refractivity contribution in [1.82, 2.24) is 4.98 Å². The van der Waals surface area contributed by atoms with E-state index < -0.39 is 0 Å². The summed E-state index contributed by atoms with van der Waals surface area (Å²) in [6.45, 7) is 8.03. The highest BCUT2D eigenvalue weighted by Gasteiger charge is 2.13. The molecule has 0 unspecified atom stereocenters. The van der Waals surface area contributed by atoms with Gasteiger partial charge in [0.2, 0.25) is 0 Å². The van der Waals surface area contributed by atoms with Gasteiger partial charge >= 0.3 is 0 Å². The molecule has 164 valence electrons. The molecule has 0 saturated heterocycles. The molecule has 0 aliphatic heterocycles. The lowest BCUT2D eigenvalue weighted by atomic mass is 10.1. The van der Waals surface area contributed by atoms with Crippen LogP contribution in [0.1, 0.15) is 141 Å². The first-order chi connectivity index (χ1) is 13.8. The molecule has 1 aromatic heterocycles. The van der Waals surface area contributed by atoms with Crippen LogP contribution < -0.4 is 4.57 Å². The van der Waals surface area contributed by atoms with Crippen molar-refractivity contribution in [3.63, 3.8) is 0 Å². The Kier molecular flexibility index (Phi) is 16.5. The Morgan fingerprint density at radius 2 is 1.04 bits per heavy atom. The number of imidazole rings is 1. The SMILES string of the molecule is CCCCCCCCCCCCc1c[nH]c(C)[n+]1CCCCCCCCCC. The number of aryl methyl sites for hydroxylation is 2. The Balaban J connectivity index is 2.06. The van der Waals surface area contributed by atoms with Crippen LogP contribution in [0.4, 0.5) is 0 Å². The molecule has 1 N–H and O–H groups in total. The summed E-state index contributed by atoms with van der Waals surface area (Å²) in [5.41, 5.74) is 1.53. The number of unbranched alkanes of at least 4 members (excludes halogenated alkanes) is 16. The Morgan fingerprint density at radius 3 is 1.54 bits per heavy atom. The fourth-order valence-electron chi connectivity index (χ4n) is 4.27. The minimum atomic E-state index is 1.21. The quantitative estimate of drug-likeness (QED) is 0.171. The van der Waals surface area contributed by atoms with E-state index in [0.29, 0.717) is 0 Å². The second-order valence-electron chi connectivity index (χ2n) is 8.92. The van der Waals surface area contributed by atoms with E-state index >= 15 is 0 Å². The van der Waals surface area contributed by atoms with Crippen molar-refractivity contribution in [2.45, 2.75) is 149 Å². The maximum atomic E-state index is 3.46. The van der Waals surface area contributed by atoms with E-state index in [2.05, 4.69) is 36.5 Å². The van der Waals surface area contributed by atoms with Crippen molar-refractivity contribution in [3.8, 4) is 0 Å². The maximum absolute atomic E-state index is 3.46. The molecule has 0 saturated carbocycles. The summed E-state index contributed by atoms with van der Waals surface area (Å²) >= 11 is 0. The number of hydrogen-bond donors (Lipinski definition) is 1. The lowest BCUT2D eigenvalue weighted by molar-refractivity contribution is -0.708. The average molecular weight is 392 g/mol. The van der Waals surface area contributed by atoms with Gasteiger partial charge in [0.15, 0.2) is 0 Å². The number of aromatic amines is 1. The normalized spacial score (nSPS) is 11.4. The van der Waals surface area contributed by atoms with Gasteiger partial charge in [-0.3, -0.25) is 0 Å². The fraction of sp³-hybridized carbons (Fsp3) is 0.885. The predicted octanol–water partition coefficient (Wildman–Crippen LogP) is 8.21. The summed E-state index contributed by atoms with van der Waals surface area (Å²) in [6, 6.07) is 0. The van der Waals surface area contributed by atoms with Gasteiger partial charge in [-0.2, -0.15) is 0 Å². The largest absolute Gasteiger partial charge is 0.251 e. The van der Waals surface area contributed by atoms with Gasteiger partial charge in [-0.1, -0.05) is 110 Å². The highest BCUT2D eigenvalue weighted by Crippen LogP contribution is 2.12. The summed E-state index contributed by atoms with van der Waals surface area (Å²) in [5, 5.41) is 0. The number of rotatable bonds is 20. The Hall–Kier alpha value is -0.790. The van der Waals surface area contributed by atoms with Crippen molar-refractivity contribution < 1.29 is 4.57 Å². The molecular formula is C26H51N2+. The van der Waals surface area contributed by atoms with Crippen LogP contribution in [-0.2, 0) is 13.0 Å². The van der Waals surface area contributed by atoms with E-state index in [0.717, 1.165) is 0 Å². The third-order valence-corrected chi connectivity index (χ3v) is 6.22. The van der Waals surface area contributed by atoms with Crippen LogP contribution in [0.3, 0.4) is 0 Å². The highest BCUT2D eigenvalue weighted by atomic mass is 15.1.